The topological polar surface area (TPSA) is 47.3 Å². The van der Waals surface area contributed by atoms with E-state index in [-0.39, 0.29) is 5.41 Å². The lowest BCUT2D eigenvalue weighted by Crippen LogP contribution is -2.45. The molecule has 106 valence electrons. The molecule has 3 N–H and O–H groups in total. The minimum absolute atomic E-state index is 0.0802. The highest BCUT2D eigenvalue weighted by Gasteiger charge is 2.27. The molecule has 0 amide bonds. The maximum absolute atomic E-state index is 6.11. The quantitative estimate of drug-likeness (QED) is 0.857. The Bertz CT molecular complexity index is 417. The molecule has 0 aromatic heterocycles. The highest BCUT2D eigenvalue weighted by molar-refractivity contribution is 5.33. The highest BCUT2D eigenvalue weighted by atomic mass is 16.5. The molecule has 1 saturated carbocycles. The largest absolute Gasteiger partial charge is 0.497 e. The van der Waals surface area contributed by atoms with Gasteiger partial charge in [0, 0.05) is 24.0 Å². The third-order valence-corrected chi connectivity index (χ3v) is 4.23. The summed E-state index contributed by atoms with van der Waals surface area (Å²) in [6.07, 6.45) is 3.60. The van der Waals surface area contributed by atoms with Gasteiger partial charge in [0.1, 0.15) is 5.75 Å². The van der Waals surface area contributed by atoms with Crippen LogP contribution in [0.4, 0.5) is 0 Å². The zero-order chi connectivity index (χ0) is 13.9. The zero-order valence-corrected chi connectivity index (χ0v) is 12.3. The molecule has 0 spiro atoms. The van der Waals surface area contributed by atoms with Gasteiger partial charge in [-0.25, -0.2) is 0 Å². The Morgan fingerprint density at radius 2 is 2.16 bits per heavy atom. The van der Waals surface area contributed by atoms with Gasteiger partial charge in [-0.1, -0.05) is 32.4 Å². The molecule has 3 nitrogen and oxygen atoms in total. The summed E-state index contributed by atoms with van der Waals surface area (Å²) >= 11 is 0. The molecule has 2 rings (SSSR count). The van der Waals surface area contributed by atoms with Crippen molar-refractivity contribution in [3.8, 4) is 5.75 Å². The first kappa shape index (κ1) is 14.4. The minimum atomic E-state index is 0.0802. The third-order valence-electron chi connectivity index (χ3n) is 4.23. The summed E-state index contributed by atoms with van der Waals surface area (Å²) in [4.78, 5) is 0. The molecule has 2 unspecified atom stereocenters. The van der Waals surface area contributed by atoms with E-state index in [1.54, 1.807) is 7.11 Å². The molecular formula is C16H26N2O. The van der Waals surface area contributed by atoms with Crippen LogP contribution in [0.2, 0.25) is 0 Å². The zero-order valence-electron chi connectivity index (χ0n) is 12.3. The van der Waals surface area contributed by atoms with Crippen molar-refractivity contribution in [3.63, 3.8) is 0 Å². The molecule has 0 aliphatic heterocycles. The number of nitrogens with one attached hydrogen (secondary N) is 1. The Hall–Kier alpha value is -1.06. The second-order valence-corrected chi connectivity index (χ2v) is 6.20. The fourth-order valence-corrected chi connectivity index (χ4v) is 2.77. The van der Waals surface area contributed by atoms with E-state index in [0.717, 1.165) is 18.7 Å². The lowest BCUT2D eigenvalue weighted by molar-refractivity contribution is 0.393. The van der Waals surface area contributed by atoms with Crippen LogP contribution < -0.4 is 15.8 Å². The van der Waals surface area contributed by atoms with E-state index in [2.05, 4.69) is 37.4 Å². The molecule has 0 bridgehead atoms. The summed E-state index contributed by atoms with van der Waals surface area (Å²) in [6.45, 7) is 5.46. The summed E-state index contributed by atoms with van der Waals surface area (Å²) in [6, 6.07) is 9.12. The molecule has 1 fully saturated rings. The van der Waals surface area contributed by atoms with E-state index >= 15 is 0 Å². The van der Waals surface area contributed by atoms with E-state index in [0.29, 0.717) is 12.1 Å². The molecule has 19 heavy (non-hydrogen) atoms. The van der Waals surface area contributed by atoms with Crippen molar-refractivity contribution in [3.05, 3.63) is 29.8 Å². The Balaban J connectivity index is 2.00. The van der Waals surface area contributed by atoms with Gasteiger partial charge in [-0.2, -0.15) is 0 Å². The van der Waals surface area contributed by atoms with Crippen molar-refractivity contribution in [2.75, 3.05) is 13.7 Å². The summed E-state index contributed by atoms with van der Waals surface area (Å²) in [5.41, 5.74) is 7.49. The minimum Gasteiger partial charge on any atom is -0.497 e. The number of benzene rings is 1. The Morgan fingerprint density at radius 3 is 2.79 bits per heavy atom. The Kier molecular flexibility index (Phi) is 4.48. The molecule has 1 aliphatic carbocycles. The van der Waals surface area contributed by atoms with E-state index in [4.69, 9.17) is 10.5 Å². The van der Waals surface area contributed by atoms with Crippen LogP contribution in [0.3, 0.4) is 0 Å². The predicted octanol–water partition coefficient (Wildman–Crippen LogP) is 2.44. The van der Waals surface area contributed by atoms with Crippen molar-refractivity contribution in [1.82, 2.24) is 5.32 Å². The van der Waals surface area contributed by atoms with Gasteiger partial charge in [0.2, 0.25) is 0 Å². The number of rotatable bonds is 5. The Labute approximate surface area is 116 Å². The van der Waals surface area contributed by atoms with Crippen molar-refractivity contribution in [1.29, 1.82) is 0 Å². The second-order valence-electron chi connectivity index (χ2n) is 6.20. The van der Waals surface area contributed by atoms with Gasteiger partial charge in [-0.05, 0) is 30.5 Å². The number of hydrogen-bond donors (Lipinski definition) is 2. The molecule has 0 radical (unpaired) electrons. The second kappa shape index (κ2) is 5.93. The van der Waals surface area contributed by atoms with E-state index in [1.165, 1.54) is 18.4 Å². The molecule has 2 atom stereocenters. The van der Waals surface area contributed by atoms with Gasteiger partial charge < -0.3 is 15.8 Å². The molecule has 1 aromatic carbocycles. The van der Waals surface area contributed by atoms with Gasteiger partial charge in [0.25, 0.3) is 0 Å². The first-order chi connectivity index (χ1) is 9.03. The standard InChI is InChI=1S/C16H26N2O/c1-16(2,11-18-15-9-5-8-14(15)17)12-6-4-7-13(10-12)19-3/h4,6-7,10,14-15,18H,5,8-9,11,17H2,1-3H3. The maximum Gasteiger partial charge on any atom is 0.119 e. The third kappa shape index (κ3) is 3.48. The van der Waals surface area contributed by atoms with Crippen LogP contribution in [-0.4, -0.2) is 25.7 Å². The first-order valence-corrected chi connectivity index (χ1v) is 7.16. The van der Waals surface area contributed by atoms with Crippen LogP contribution in [0.25, 0.3) is 0 Å². The van der Waals surface area contributed by atoms with E-state index in [9.17, 15) is 0 Å². The normalized spacial score (nSPS) is 23.6. The summed E-state index contributed by atoms with van der Waals surface area (Å²) in [5.74, 6) is 0.920. The van der Waals surface area contributed by atoms with Crippen molar-refractivity contribution >= 4 is 0 Å². The van der Waals surface area contributed by atoms with Crippen LogP contribution in [0.1, 0.15) is 38.7 Å². The summed E-state index contributed by atoms with van der Waals surface area (Å²) < 4.78 is 5.30. The lowest BCUT2D eigenvalue weighted by atomic mass is 9.84. The SMILES string of the molecule is COc1cccc(C(C)(C)CNC2CCCC2N)c1. The number of ether oxygens (including phenoxy) is 1. The molecule has 3 heteroatoms. The average Bonchev–Trinajstić information content (AvgIpc) is 2.82. The fourth-order valence-electron chi connectivity index (χ4n) is 2.77. The lowest BCUT2D eigenvalue weighted by Gasteiger charge is -2.29. The smallest absolute Gasteiger partial charge is 0.119 e. The molecule has 0 saturated heterocycles. The van der Waals surface area contributed by atoms with E-state index in [1.807, 2.05) is 6.07 Å². The summed E-state index contributed by atoms with van der Waals surface area (Å²) in [7, 11) is 1.71. The van der Waals surface area contributed by atoms with Crippen molar-refractivity contribution in [2.24, 2.45) is 5.73 Å². The first-order valence-electron chi connectivity index (χ1n) is 7.16. The number of hydrogen-bond acceptors (Lipinski definition) is 3. The monoisotopic (exact) mass is 262 g/mol. The van der Waals surface area contributed by atoms with Gasteiger partial charge in [0.15, 0.2) is 0 Å². The van der Waals surface area contributed by atoms with Crippen LogP contribution in [0.5, 0.6) is 5.75 Å². The van der Waals surface area contributed by atoms with Gasteiger partial charge in [-0.3, -0.25) is 0 Å². The fraction of sp³-hybridized carbons (Fsp3) is 0.625. The van der Waals surface area contributed by atoms with Crippen LogP contribution in [-0.2, 0) is 5.41 Å². The molecular weight excluding hydrogens is 236 g/mol. The highest BCUT2D eigenvalue weighted by Crippen LogP contribution is 2.27. The number of methoxy groups -OCH3 is 1. The predicted molar refractivity (Wildman–Crippen MR) is 79.6 cm³/mol. The van der Waals surface area contributed by atoms with Crippen molar-refractivity contribution in [2.45, 2.75) is 50.6 Å². The Morgan fingerprint density at radius 1 is 1.37 bits per heavy atom. The van der Waals surface area contributed by atoms with Crippen molar-refractivity contribution < 1.29 is 4.74 Å². The average molecular weight is 262 g/mol. The molecule has 1 aliphatic rings. The van der Waals surface area contributed by atoms with Gasteiger partial charge in [0.05, 0.1) is 7.11 Å². The summed E-state index contributed by atoms with van der Waals surface area (Å²) in [5, 5.41) is 3.64. The van der Waals surface area contributed by atoms with Crippen LogP contribution in [0.15, 0.2) is 24.3 Å². The maximum atomic E-state index is 6.11. The van der Waals surface area contributed by atoms with Crippen LogP contribution >= 0.6 is 0 Å². The van der Waals surface area contributed by atoms with Crippen LogP contribution in [0, 0.1) is 0 Å². The van der Waals surface area contributed by atoms with Gasteiger partial charge >= 0.3 is 0 Å². The number of nitrogens with two attached hydrogens (primary N) is 1. The molecule has 1 aromatic rings. The van der Waals surface area contributed by atoms with Gasteiger partial charge in [-0.15, -0.1) is 0 Å². The molecule has 0 heterocycles. The van der Waals surface area contributed by atoms with E-state index < -0.39 is 0 Å².